The van der Waals surface area contributed by atoms with Gasteiger partial charge in [0.1, 0.15) is 0 Å². The third kappa shape index (κ3) is 3.97. The molecule has 0 aliphatic rings. The quantitative estimate of drug-likeness (QED) is 0.687. The molecule has 0 bridgehead atoms. The summed E-state index contributed by atoms with van der Waals surface area (Å²) >= 11 is 0. The SMILES string of the molecule is CCOC(C)(CC)C(N)CC(C)CC. The Morgan fingerprint density at radius 2 is 1.86 bits per heavy atom. The van der Waals surface area contributed by atoms with Crippen LogP contribution in [-0.4, -0.2) is 18.2 Å². The van der Waals surface area contributed by atoms with E-state index in [0.717, 1.165) is 19.4 Å². The van der Waals surface area contributed by atoms with Gasteiger partial charge in [-0.1, -0.05) is 27.2 Å². The average molecular weight is 201 g/mol. The molecule has 0 aromatic heterocycles. The fourth-order valence-corrected chi connectivity index (χ4v) is 1.65. The fraction of sp³-hybridized carbons (Fsp3) is 1.00. The molecule has 0 radical (unpaired) electrons. The van der Waals surface area contributed by atoms with Crippen molar-refractivity contribution in [3.8, 4) is 0 Å². The van der Waals surface area contributed by atoms with E-state index in [4.69, 9.17) is 10.5 Å². The second-order valence-electron chi connectivity index (χ2n) is 4.45. The molecular formula is C12H27NO. The van der Waals surface area contributed by atoms with Crippen LogP contribution >= 0.6 is 0 Å². The standard InChI is InChI=1S/C12H27NO/c1-6-10(4)9-11(13)12(5,7-2)14-8-3/h10-11H,6-9,13H2,1-5H3. The highest BCUT2D eigenvalue weighted by Crippen LogP contribution is 2.24. The molecule has 2 nitrogen and oxygen atoms in total. The van der Waals surface area contributed by atoms with Crippen LogP contribution in [0.5, 0.6) is 0 Å². The molecule has 3 unspecified atom stereocenters. The van der Waals surface area contributed by atoms with Crippen molar-refractivity contribution in [3.63, 3.8) is 0 Å². The van der Waals surface area contributed by atoms with Gasteiger partial charge in [-0.05, 0) is 32.6 Å². The predicted octanol–water partition coefficient (Wildman–Crippen LogP) is 2.96. The molecule has 0 aliphatic carbocycles. The van der Waals surface area contributed by atoms with Crippen LogP contribution in [0.3, 0.4) is 0 Å². The van der Waals surface area contributed by atoms with Crippen LogP contribution in [0.2, 0.25) is 0 Å². The predicted molar refractivity (Wildman–Crippen MR) is 62.4 cm³/mol. The van der Waals surface area contributed by atoms with Crippen LogP contribution in [0.15, 0.2) is 0 Å². The first-order valence-corrected chi connectivity index (χ1v) is 5.89. The highest BCUT2D eigenvalue weighted by Gasteiger charge is 2.30. The molecule has 0 amide bonds. The molecular weight excluding hydrogens is 174 g/mol. The molecule has 86 valence electrons. The van der Waals surface area contributed by atoms with E-state index in [1.54, 1.807) is 0 Å². The summed E-state index contributed by atoms with van der Waals surface area (Å²) in [6.07, 6.45) is 3.24. The number of hydrogen-bond acceptors (Lipinski definition) is 2. The summed E-state index contributed by atoms with van der Waals surface area (Å²) in [4.78, 5) is 0. The molecule has 0 saturated heterocycles. The Bertz CT molecular complexity index is 149. The fourth-order valence-electron chi connectivity index (χ4n) is 1.65. The van der Waals surface area contributed by atoms with E-state index in [1.807, 2.05) is 6.92 Å². The highest BCUT2D eigenvalue weighted by molar-refractivity contribution is 4.86. The Morgan fingerprint density at radius 3 is 2.21 bits per heavy atom. The minimum absolute atomic E-state index is 0.141. The van der Waals surface area contributed by atoms with Gasteiger partial charge in [0, 0.05) is 12.6 Å². The van der Waals surface area contributed by atoms with E-state index >= 15 is 0 Å². The smallest absolute Gasteiger partial charge is 0.0801 e. The van der Waals surface area contributed by atoms with E-state index < -0.39 is 0 Å². The van der Waals surface area contributed by atoms with E-state index in [0.29, 0.717) is 5.92 Å². The molecule has 0 rings (SSSR count). The first kappa shape index (κ1) is 13.9. The maximum absolute atomic E-state index is 6.20. The van der Waals surface area contributed by atoms with Crippen molar-refractivity contribution in [2.75, 3.05) is 6.61 Å². The van der Waals surface area contributed by atoms with Crippen LogP contribution in [-0.2, 0) is 4.74 Å². The van der Waals surface area contributed by atoms with Gasteiger partial charge in [-0.15, -0.1) is 0 Å². The Balaban J connectivity index is 4.21. The van der Waals surface area contributed by atoms with Gasteiger partial charge in [0.15, 0.2) is 0 Å². The monoisotopic (exact) mass is 201 g/mol. The molecule has 0 aromatic rings. The van der Waals surface area contributed by atoms with Crippen molar-refractivity contribution in [1.29, 1.82) is 0 Å². The Labute approximate surface area is 89.2 Å². The van der Waals surface area contributed by atoms with Crippen molar-refractivity contribution >= 4 is 0 Å². The van der Waals surface area contributed by atoms with Gasteiger partial charge in [0.2, 0.25) is 0 Å². The lowest BCUT2D eigenvalue weighted by Gasteiger charge is -2.35. The number of ether oxygens (including phenoxy) is 1. The van der Waals surface area contributed by atoms with Crippen molar-refractivity contribution in [3.05, 3.63) is 0 Å². The lowest BCUT2D eigenvalue weighted by Crippen LogP contribution is -2.48. The van der Waals surface area contributed by atoms with Crippen molar-refractivity contribution in [1.82, 2.24) is 0 Å². The summed E-state index contributed by atoms with van der Waals surface area (Å²) in [6.45, 7) is 11.5. The minimum Gasteiger partial charge on any atom is -0.374 e. The van der Waals surface area contributed by atoms with Crippen LogP contribution in [0.25, 0.3) is 0 Å². The van der Waals surface area contributed by atoms with Gasteiger partial charge in [-0.2, -0.15) is 0 Å². The Kier molecular flexibility index (Phi) is 6.38. The summed E-state index contributed by atoms with van der Waals surface area (Å²) in [5.74, 6) is 0.691. The summed E-state index contributed by atoms with van der Waals surface area (Å²) in [6, 6.07) is 0.155. The minimum atomic E-state index is -0.141. The zero-order valence-corrected chi connectivity index (χ0v) is 10.5. The first-order valence-electron chi connectivity index (χ1n) is 5.89. The van der Waals surface area contributed by atoms with Gasteiger partial charge in [-0.3, -0.25) is 0 Å². The van der Waals surface area contributed by atoms with Gasteiger partial charge < -0.3 is 10.5 Å². The number of nitrogens with two attached hydrogens (primary N) is 1. The van der Waals surface area contributed by atoms with Crippen molar-refractivity contribution in [2.45, 2.75) is 65.5 Å². The van der Waals surface area contributed by atoms with Gasteiger partial charge in [-0.25, -0.2) is 0 Å². The lowest BCUT2D eigenvalue weighted by molar-refractivity contribution is -0.0506. The van der Waals surface area contributed by atoms with E-state index in [9.17, 15) is 0 Å². The van der Waals surface area contributed by atoms with Gasteiger partial charge >= 0.3 is 0 Å². The molecule has 0 spiro atoms. The van der Waals surface area contributed by atoms with Crippen LogP contribution in [0, 0.1) is 5.92 Å². The van der Waals surface area contributed by atoms with E-state index in [-0.39, 0.29) is 11.6 Å². The zero-order valence-electron chi connectivity index (χ0n) is 10.5. The van der Waals surface area contributed by atoms with Crippen molar-refractivity contribution in [2.24, 2.45) is 11.7 Å². The molecule has 0 fully saturated rings. The summed E-state index contributed by atoms with van der Waals surface area (Å²) in [5.41, 5.74) is 6.06. The molecule has 0 aliphatic heterocycles. The normalized spacial score (nSPS) is 20.1. The number of hydrogen-bond donors (Lipinski definition) is 1. The molecule has 0 saturated carbocycles. The summed E-state index contributed by atoms with van der Waals surface area (Å²) in [5, 5.41) is 0. The molecule has 14 heavy (non-hydrogen) atoms. The third-order valence-electron chi connectivity index (χ3n) is 3.31. The average Bonchev–Trinajstić information content (AvgIpc) is 2.17. The van der Waals surface area contributed by atoms with E-state index in [1.165, 1.54) is 6.42 Å². The van der Waals surface area contributed by atoms with Crippen LogP contribution < -0.4 is 5.73 Å². The van der Waals surface area contributed by atoms with Gasteiger partial charge in [0.25, 0.3) is 0 Å². The zero-order chi connectivity index (χ0) is 11.2. The maximum Gasteiger partial charge on any atom is 0.0801 e. The molecule has 3 atom stereocenters. The first-order chi connectivity index (χ1) is 6.50. The third-order valence-corrected chi connectivity index (χ3v) is 3.31. The van der Waals surface area contributed by atoms with Crippen LogP contribution in [0.4, 0.5) is 0 Å². The largest absolute Gasteiger partial charge is 0.374 e. The van der Waals surface area contributed by atoms with E-state index in [2.05, 4.69) is 27.7 Å². The topological polar surface area (TPSA) is 35.2 Å². The summed E-state index contributed by atoms with van der Waals surface area (Å²) < 4.78 is 5.76. The Hall–Kier alpha value is -0.0800. The second-order valence-corrected chi connectivity index (χ2v) is 4.45. The maximum atomic E-state index is 6.20. The van der Waals surface area contributed by atoms with Crippen LogP contribution in [0.1, 0.15) is 53.9 Å². The molecule has 0 heterocycles. The molecule has 2 N–H and O–H groups in total. The summed E-state index contributed by atoms with van der Waals surface area (Å²) in [7, 11) is 0. The Morgan fingerprint density at radius 1 is 1.29 bits per heavy atom. The van der Waals surface area contributed by atoms with Gasteiger partial charge in [0.05, 0.1) is 5.60 Å². The number of rotatable bonds is 7. The molecule has 2 heteroatoms. The highest BCUT2D eigenvalue weighted by atomic mass is 16.5. The van der Waals surface area contributed by atoms with Crippen molar-refractivity contribution < 1.29 is 4.74 Å². The molecule has 0 aromatic carbocycles. The lowest BCUT2D eigenvalue weighted by atomic mass is 9.86. The second kappa shape index (κ2) is 6.41.